The first-order valence-corrected chi connectivity index (χ1v) is 4.20. The van der Waals surface area contributed by atoms with Crippen molar-refractivity contribution in [3.63, 3.8) is 0 Å². The summed E-state index contributed by atoms with van der Waals surface area (Å²) in [7, 11) is 0. The van der Waals surface area contributed by atoms with Gasteiger partial charge in [-0.15, -0.1) is 11.6 Å². The number of nitrogens with one attached hydrogen (secondary N) is 1. The molecule has 0 bridgehead atoms. The molecule has 1 amide bonds. The molecule has 0 aromatic rings. The van der Waals surface area contributed by atoms with E-state index in [1.54, 1.807) is 6.92 Å². The minimum Gasteiger partial charge on any atom is -0.394 e. The van der Waals surface area contributed by atoms with Crippen LogP contribution in [0.3, 0.4) is 0 Å². The molecule has 0 saturated carbocycles. The molecule has 0 aliphatic rings. The number of alkyl halides is 1. The second-order valence-electron chi connectivity index (χ2n) is 2.86. The van der Waals surface area contributed by atoms with Crippen LogP contribution in [0.15, 0.2) is 0 Å². The largest absolute Gasteiger partial charge is 0.394 e. The van der Waals surface area contributed by atoms with Crippen LogP contribution in [0.2, 0.25) is 0 Å². The van der Waals surface area contributed by atoms with Crippen molar-refractivity contribution in [2.75, 3.05) is 19.1 Å². The molecule has 0 spiro atoms. The Morgan fingerprint density at radius 1 is 1.50 bits per heavy atom. The van der Waals surface area contributed by atoms with Crippen LogP contribution in [0.1, 0.15) is 13.3 Å². The number of aliphatic hydroxyl groups is 2. The van der Waals surface area contributed by atoms with Crippen molar-refractivity contribution in [1.82, 2.24) is 5.32 Å². The molecule has 0 aliphatic heterocycles. The second kappa shape index (κ2) is 5.35. The molecule has 0 radical (unpaired) electrons. The maximum Gasteiger partial charge on any atom is 0.221 e. The number of hydrogen-bond donors (Lipinski definition) is 3. The van der Waals surface area contributed by atoms with Crippen molar-refractivity contribution < 1.29 is 15.0 Å². The molecule has 0 aromatic heterocycles. The van der Waals surface area contributed by atoms with Gasteiger partial charge in [-0.3, -0.25) is 4.79 Å². The molecule has 3 N–H and O–H groups in total. The molecule has 0 fully saturated rings. The molecule has 5 heteroatoms. The van der Waals surface area contributed by atoms with E-state index in [1.807, 2.05) is 0 Å². The van der Waals surface area contributed by atoms with Crippen LogP contribution in [0.25, 0.3) is 0 Å². The summed E-state index contributed by atoms with van der Waals surface area (Å²) in [6.07, 6.45) is 0.192. The molecule has 0 aliphatic carbocycles. The lowest BCUT2D eigenvalue weighted by Crippen LogP contribution is -2.51. The lowest BCUT2D eigenvalue weighted by molar-refractivity contribution is -0.123. The van der Waals surface area contributed by atoms with Crippen molar-refractivity contribution in [3.05, 3.63) is 0 Å². The number of carbonyl (C=O) groups is 1. The fourth-order valence-electron chi connectivity index (χ4n) is 0.614. The Labute approximate surface area is 76.5 Å². The number of amides is 1. The Kier molecular flexibility index (Phi) is 5.20. The molecule has 0 saturated heterocycles. The van der Waals surface area contributed by atoms with Gasteiger partial charge in [0.05, 0.1) is 18.8 Å². The van der Waals surface area contributed by atoms with Gasteiger partial charge in [0.2, 0.25) is 5.91 Å². The maximum absolute atomic E-state index is 11.0. The lowest BCUT2D eigenvalue weighted by atomic mass is 10.1. The Morgan fingerprint density at radius 3 is 2.33 bits per heavy atom. The van der Waals surface area contributed by atoms with Crippen molar-refractivity contribution in [3.8, 4) is 0 Å². The summed E-state index contributed by atoms with van der Waals surface area (Å²) in [6, 6.07) is 0. The van der Waals surface area contributed by atoms with Crippen LogP contribution in [0.5, 0.6) is 0 Å². The highest BCUT2D eigenvalue weighted by molar-refractivity contribution is 6.18. The van der Waals surface area contributed by atoms with Gasteiger partial charge in [0.25, 0.3) is 0 Å². The molecule has 12 heavy (non-hydrogen) atoms. The van der Waals surface area contributed by atoms with E-state index < -0.39 is 5.54 Å². The third-order valence-electron chi connectivity index (χ3n) is 1.46. The van der Waals surface area contributed by atoms with E-state index in [2.05, 4.69) is 5.32 Å². The van der Waals surface area contributed by atoms with Crippen molar-refractivity contribution >= 4 is 17.5 Å². The first-order valence-electron chi connectivity index (χ1n) is 3.66. The molecule has 0 unspecified atom stereocenters. The zero-order valence-electron chi connectivity index (χ0n) is 7.01. The van der Waals surface area contributed by atoms with Gasteiger partial charge in [-0.2, -0.15) is 0 Å². The van der Waals surface area contributed by atoms with Gasteiger partial charge < -0.3 is 15.5 Å². The first-order chi connectivity index (χ1) is 5.58. The summed E-state index contributed by atoms with van der Waals surface area (Å²) in [4.78, 5) is 11.0. The molecule has 0 rings (SSSR count). The summed E-state index contributed by atoms with van der Waals surface area (Å²) in [5.41, 5.74) is -0.941. The zero-order chi connectivity index (χ0) is 9.61. The maximum atomic E-state index is 11.0. The topological polar surface area (TPSA) is 69.6 Å². The normalized spacial score (nSPS) is 11.3. The smallest absolute Gasteiger partial charge is 0.221 e. The van der Waals surface area contributed by atoms with Gasteiger partial charge in [-0.1, -0.05) is 0 Å². The fraction of sp³-hybridized carbons (Fsp3) is 0.857. The van der Waals surface area contributed by atoms with Crippen molar-refractivity contribution in [1.29, 1.82) is 0 Å². The van der Waals surface area contributed by atoms with Gasteiger partial charge in [-0.05, 0) is 6.92 Å². The highest BCUT2D eigenvalue weighted by Crippen LogP contribution is 2.01. The van der Waals surface area contributed by atoms with E-state index >= 15 is 0 Å². The van der Waals surface area contributed by atoms with Gasteiger partial charge in [0.15, 0.2) is 0 Å². The monoisotopic (exact) mass is 195 g/mol. The second-order valence-corrected chi connectivity index (χ2v) is 3.24. The fourth-order valence-corrected chi connectivity index (χ4v) is 0.786. The molecule has 4 nitrogen and oxygen atoms in total. The quantitative estimate of drug-likeness (QED) is 0.517. The van der Waals surface area contributed by atoms with Crippen LogP contribution in [-0.4, -0.2) is 40.8 Å². The van der Waals surface area contributed by atoms with E-state index in [0.717, 1.165) is 0 Å². The zero-order valence-corrected chi connectivity index (χ0v) is 7.76. The minimum absolute atomic E-state index is 0.192. The Morgan fingerprint density at radius 2 is 2.00 bits per heavy atom. The molecular formula is C7H14ClNO3. The van der Waals surface area contributed by atoms with Gasteiger partial charge in [0, 0.05) is 12.3 Å². The Bertz CT molecular complexity index is 148. The number of halogens is 1. The third-order valence-corrected chi connectivity index (χ3v) is 1.65. The Hall–Kier alpha value is -0.320. The van der Waals surface area contributed by atoms with Gasteiger partial charge in [0.1, 0.15) is 0 Å². The molecule has 0 heterocycles. The Balaban J connectivity index is 3.93. The highest BCUT2D eigenvalue weighted by atomic mass is 35.5. The van der Waals surface area contributed by atoms with E-state index in [9.17, 15) is 4.79 Å². The predicted molar refractivity (Wildman–Crippen MR) is 46.1 cm³/mol. The summed E-state index contributed by atoms with van der Waals surface area (Å²) < 4.78 is 0. The van der Waals surface area contributed by atoms with E-state index in [4.69, 9.17) is 21.8 Å². The summed E-state index contributed by atoms with van der Waals surface area (Å²) in [5.74, 6) is -0.0331. The first kappa shape index (κ1) is 11.7. The third kappa shape index (κ3) is 3.90. The van der Waals surface area contributed by atoms with Crippen LogP contribution >= 0.6 is 11.6 Å². The van der Waals surface area contributed by atoms with E-state index in [1.165, 1.54) is 0 Å². The van der Waals surface area contributed by atoms with Crippen LogP contribution in [0, 0.1) is 0 Å². The number of rotatable bonds is 5. The number of hydrogen-bond acceptors (Lipinski definition) is 3. The molecule has 72 valence electrons. The predicted octanol–water partition coefficient (Wildman–Crippen LogP) is -0.525. The number of carbonyl (C=O) groups excluding carboxylic acids is 1. The molecular weight excluding hydrogens is 182 g/mol. The SMILES string of the molecule is CC(CO)(CO)NC(=O)CCCl. The standard InChI is InChI=1S/C7H14ClNO3/c1-7(4-10,5-11)9-6(12)2-3-8/h10-11H,2-5H2,1H3,(H,9,12). The average molecular weight is 196 g/mol. The summed E-state index contributed by atoms with van der Waals surface area (Å²) >= 11 is 5.33. The van der Waals surface area contributed by atoms with Crippen molar-refractivity contribution in [2.45, 2.75) is 18.9 Å². The van der Waals surface area contributed by atoms with E-state index in [0.29, 0.717) is 0 Å². The molecule has 0 atom stereocenters. The van der Waals surface area contributed by atoms with Crippen LogP contribution in [-0.2, 0) is 4.79 Å². The van der Waals surface area contributed by atoms with E-state index in [-0.39, 0.29) is 31.4 Å². The average Bonchev–Trinajstić information content (AvgIpc) is 2.05. The highest BCUT2D eigenvalue weighted by Gasteiger charge is 2.23. The van der Waals surface area contributed by atoms with Crippen LogP contribution < -0.4 is 5.32 Å². The van der Waals surface area contributed by atoms with Gasteiger partial charge >= 0.3 is 0 Å². The van der Waals surface area contributed by atoms with Gasteiger partial charge in [-0.25, -0.2) is 0 Å². The summed E-state index contributed by atoms with van der Waals surface area (Å²) in [6.45, 7) is 0.966. The summed E-state index contributed by atoms with van der Waals surface area (Å²) in [5, 5.41) is 20.1. The molecule has 0 aromatic carbocycles. The lowest BCUT2D eigenvalue weighted by Gasteiger charge is -2.25. The minimum atomic E-state index is -0.941. The van der Waals surface area contributed by atoms with Crippen LogP contribution in [0.4, 0.5) is 0 Å². The number of aliphatic hydroxyl groups excluding tert-OH is 2. The van der Waals surface area contributed by atoms with Crippen molar-refractivity contribution in [2.24, 2.45) is 0 Å².